The van der Waals surface area contributed by atoms with E-state index in [9.17, 15) is 9.59 Å². The average Bonchev–Trinajstić information content (AvgIpc) is 3.32. The highest BCUT2D eigenvalue weighted by Crippen LogP contribution is 2.33. The summed E-state index contributed by atoms with van der Waals surface area (Å²) in [5, 5.41) is 6.46. The molecule has 1 aliphatic rings. The lowest BCUT2D eigenvalue weighted by atomic mass is 10.0. The number of thiophene rings is 1. The highest BCUT2D eigenvalue weighted by atomic mass is 32.1. The molecule has 1 aliphatic heterocycles. The molecule has 0 radical (unpaired) electrons. The van der Waals surface area contributed by atoms with Gasteiger partial charge in [0.1, 0.15) is 5.75 Å². The Morgan fingerprint density at radius 1 is 1.15 bits per heavy atom. The predicted octanol–water partition coefficient (Wildman–Crippen LogP) is 4.16. The molecule has 1 unspecified atom stereocenters. The van der Waals surface area contributed by atoms with Crippen molar-refractivity contribution in [2.75, 3.05) is 11.9 Å². The predicted molar refractivity (Wildman–Crippen MR) is 102 cm³/mol. The van der Waals surface area contributed by atoms with Crippen LogP contribution in [0.25, 0.3) is 0 Å². The van der Waals surface area contributed by atoms with Crippen molar-refractivity contribution in [3.05, 3.63) is 70.5 Å². The van der Waals surface area contributed by atoms with Crippen LogP contribution >= 0.6 is 11.3 Å². The maximum atomic E-state index is 12.8. The van der Waals surface area contributed by atoms with Gasteiger partial charge >= 0.3 is 0 Å². The minimum atomic E-state index is -0.341. The number of aryl methyl sites for hydroxylation is 1. The van der Waals surface area contributed by atoms with E-state index in [2.05, 4.69) is 10.6 Å². The Kier molecular flexibility index (Phi) is 4.68. The van der Waals surface area contributed by atoms with Crippen LogP contribution in [0.1, 0.15) is 43.8 Å². The molecule has 1 atom stereocenters. The van der Waals surface area contributed by atoms with Crippen LogP contribution in [0.5, 0.6) is 5.75 Å². The monoisotopic (exact) mass is 382 g/mol. The first-order valence-corrected chi connectivity index (χ1v) is 9.41. The molecule has 2 N–H and O–H groups in total. The lowest BCUT2D eigenvalue weighted by molar-refractivity contribution is 0.0927. The molecule has 27 heavy (non-hydrogen) atoms. The van der Waals surface area contributed by atoms with Gasteiger partial charge in [0.25, 0.3) is 11.8 Å². The Morgan fingerprint density at radius 2 is 2.00 bits per heavy atom. The number of nitrogens with one attached hydrogen (secondary N) is 2. The number of hydrogen-bond acceptors (Lipinski definition) is 5. The number of benzene rings is 1. The quantitative estimate of drug-likeness (QED) is 0.710. The first kappa shape index (κ1) is 17.4. The molecule has 0 bridgehead atoms. The molecule has 3 aromatic rings. The van der Waals surface area contributed by atoms with E-state index >= 15 is 0 Å². The first-order chi connectivity index (χ1) is 13.1. The summed E-state index contributed by atoms with van der Waals surface area (Å²) in [6.45, 7) is 2.42. The van der Waals surface area contributed by atoms with Crippen molar-refractivity contribution in [2.45, 2.75) is 19.4 Å². The fraction of sp³-hybridized carbons (Fsp3) is 0.200. The van der Waals surface area contributed by atoms with Gasteiger partial charge < -0.3 is 19.8 Å². The van der Waals surface area contributed by atoms with E-state index in [-0.39, 0.29) is 23.6 Å². The Hall–Kier alpha value is -3.06. The molecular formula is C20H18N2O4S. The van der Waals surface area contributed by atoms with Crippen molar-refractivity contribution < 1.29 is 18.7 Å². The summed E-state index contributed by atoms with van der Waals surface area (Å²) >= 11 is 1.25. The fourth-order valence-electron chi connectivity index (χ4n) is 3.07. The number of amides is 2. The van der Waals surface area contributed by atoms with Crippen LogP contribution in [0.3, 0.4) is 0 Å². The number of carbonyl (C=O) groups excluding carboxylic acids is 2. The van der Waals surface area contributed by atoms with E-state index in [1.165, 1.54) is 17.6 Å². The second-order valence-electron chi connectivity index (χ2n) is 6.26. The number of hydrogen-bond donors (Lipinski definition) is 2. The molecule has 2 amide bonds. The summed E-state index contributed by atoms with van der Waals surface area (Å²) in [5.74, 6) is 0.540. The van der Waals surface area contributed by atoms with Crippen LogP contribution in [0.15, 0.2) is 53.1 Å². The summed E-state index contributed by atoms with van der Waals surface area (Å²) in [5.41, 5.74) is 1.80. The summed E-state index contributed by atoms with van der Waals surface area (Å²) in [4.78, 5) is 25.5. The average molecular weight is 382 g/mol. The molecule has 3 heterocycles. The van der Waals surface area contributed by atoms with Gasteiger partial charge in [-0.05, 0) is 36.8 Å². The highest BCUT2D eigenvalue weighted by molar-refractivity contribution is 7.18. The van der Waals surface area contributed by atoms with Crippen molar-refractivity contribution in [3.63, 3.8) is 0 Å². The van der Waals surface area contributed by atoms with E-state index in [1.807, 2.05) is 31.2 Å². The molecule has 0 spiro atoms. The van der Waals surface area contributed by atoms with Crippen molar-refractivity contribution in [2.24, 2.45) is 0 Å². The summed E-state index contributed by atoms with van der Waals surface area (Å²) in [6, 6.07) is 12.7. The molecule has 0 saturated heterocycles. The Bertz CT molecular complexity index is 978. The number of anilines is 1. The van der Waals surface area contributed by atoms with Crippen LogP contribution in [-0.2, 0) is 0 Å². The van der Waals surface area contributed by atoms with E-state index < -0.39 is 0 Å². The topological polar surface area (TPSA) is 80.6 Å². The third kappa shape index (κ3) is 3.59. The van der Waals surface area contributed by atoms with Crippen LogP contribution in [0, 0.1) is 6.92 Å². The smallest absolute Gasteiger partial charge is 0.291 e. The number of ether oxygens (including phenoxy) is 1. The molecule has 0 fully saturated rings. The third-order valence-corrected chi connectivity index (χ3v) is 5.52. The van der Waals surface area contributed by atoms with Crippen LogP contribution < -0.4 is 15.4 Å². The summed E-state index contributed by atoms with van der Waals surface area (Å²) < 4.78 is 10.7. The van der Waals surface area contributed by atoms with Gasteiger partial charge in [0, 0.05) is 12.0 Å². The van der Waals surface area contributed by atoms with E-state index in [0.717, 1.165) is 23.3 Å². The standard InChI is InChI=1S/C20H18N2O4S/c1-12-11-17(22-19(23)16-7-4-9-25-16)27-18(12)20(24)21-14-8-10-26-15-6-3-2-5-13(14)15/h2-7,9,11,14H,8,10H2,1H3,(H,21,24)(H,22,23). The van der Waals surface area contributed by atoms with Gasteiger partial charge in [-0.2, -0.15) is 0 Å². The maximum Gasteiger partial charge on any atom is 0.291 e. The molecule has 138 valence electrons. The first-order valence-electron chi connectivity index (χ1n) is 8.59. The molecule has 0 aliphatic carbocycles. The van der Waals surface area contributed by atoms with E-state index in [4.69, 9.17) is 9.15 Å². The second-order valence-corrected chi connectivity index (χ2v) is 7.31. The summed E-state index contributed by atoms with van der Waals surface area (Å²) in [7, 11) is 0. The number of furan rings is 1. The highest BCUT2D eigenvalue weighted by Gasteiger charge is 2.25. The van der Waals surface area contributed by atoms with Crippen molar-refractivity contribution >= 4 is 28.2 Å². The van der Waals surface area contributed by atoms with Crippen LogP contribution in [-0.4, -0.2) is 18.4 Å². The van der Waals surface area contributed by atoms with Gasteiger partial charge in [-0.15, -0.1) is 11.3 Å². The van der Waals surface area contributed by atoms with Gasteiger partial charge in [0.15, 0.2) is 5.76 Å². The number of para-hydroxylation sites is 1. The van der Waals surface area contributed by atoms with Gasteiger partial charge in [-0.3, -0.25) is 9.59 Å². The van der Waals surface area contributed by atoms with Crippen LogP contribution in [0.4, 0.5) is 5.00 Å². The molecule has 7 heteroatoms. The lowest BCUT2D eigenvalue weighted by Crippen LogP contribution is -2.32. The minimum absolute atomic E-state index is 0.0925. The fourth-order valence-corrected chi connectivity index (χ4v) is 4.04. The lowest BCUT2D eigenvalue weighted by Gasteiger charge is -2.26. The molecule has 0 saturated carbocycles. The van der Waals surface area contributed by atoms with Crippen molar-refractivity contribution in [1.29, 1.82) is 0 Å². The zero-order valence-corrected chi connectivity index (χ0v) is 15.5. The van der Waals surface area contributed by atoms with Crippen molar-refractivity contribution in [3.8, 4) is 5.75 Å². The molecule has 6 nitrogen and oxygen atoms in total. The maximum absolute atomic E-state index is 12.8. The zero-order chi connectivity index (χ0) is 18.8. The van der Waals surface area contributed by atoms with Crippen molar-refractivity contribution in [1.82, 2.24) is 5.32 Å². The van der Waals surface area contributed by atoms with E-state index in [1.54, 1.807) is 18.2 Å². The normalized spacial score (nSPS) is 15.5. The summed E-state index contributed by atoms with van der Waals surface area (Å²) in [6.07, 6.45) is 2.16. The number of fused-ring (bicyclic) bond motifs is 1. The molecule has 1 aromatic carbocycles. The Morgan fingerprint density at radius 3 is 2.81 bits per heavy atom. The SMILES string of the molecule is Cc1cc(NC(=O)c2ccco2)sc1C(=O)NC1CCOc2ccccc21. The number of rotatable bonds is 4. The number of carbonyl (C=O) groups is 2. The molecule has 2 aromatic heterocycles. The Balaban J connectivity index is 1.48. The minimum Gasteiger partial charge on any atom is -0.493 e. The largest absolute Gasteiger partial charge is 0.493 e. The molecule has 4 rings (SSSR count). The van der Waals surface area contributed by atoms with Gasteiger partial charge in [-0.1, -0.05) is 18.2 Å². The van der Waals surface area contributed by atoms with Gasteiger partial charge in [0.05, 0.1) is 28.8 Å². The zero-order valence-electron chi connectivity index (χ0n) is 14.7. The van der Waals surface area contributed by atoms with E-state index in [0.29, 0.717) is 16.5 Å². The third-order valence-electron chi connectivity index (χ3n) is 4.37. The molecular weight excluding hydrogens is 364 g/mol. The van der Waals surface area contributed by atoms with Crippen LogP contribution in [0.2, 0.25) is 0 Å². The van der Waals surface area contributed by atoms with Gasteiger partial charge in [0.2, 0.25) is 0 Å². The van der Waals surface area contributed by atoms with Gasteiger partial charge in [-0.25, -0.2) is 0 Å². The second kappa shape index (κ2) is 7.28. The Labute approximate surface area is 160 Å².